The summed E-state index contributed by atoms with van der Waals surface area (Å²) in [5, 5.41) is 2.33. The van der Waals surface area contributed by atoms with Crippen LogP contribution in [0.1, 0.15) is 25.0 Å². The van der Waals surface area contributed by atoms with E-state index in [9.17, 15) is 22.8 Å². The number of carbonyl (C=O) groups is 2. The van der Waals surface area contributed by atoms with Gasteiger partial charge in [-0.15, -0.1) is 0 Å². The number of rotatable bonds is 5. The van der Waals surface area contributed by atoms with Crippen LogP contribution in [0.15, 0.2) is 24.3 Å². The molecule has 22 heavy (non-hydrogen) atoms. The Hall–Kier alpha value is -2.09. The highest BCUT2D eigenvalue weighted by molar-refractivity contribution is 5.92. The van der Waals surface area contributed by atoms with E-state index < -0.39 is 35.2 Å². The summed E-state index contributed by atoms with van der Waals surface area (Å²) in [6, 6.07) is 4.08. The molecule has 0 heterocycles. The molecule has 0 saturated heterocycles. The molecule has 1 aromatic rings. The second-order valence-electron chi connectivity index (χ2n) is 4.93. The zero-order valence-corrected chi connectivity index (χ0v) is 12.3. The van der Waals surface area contributed by atoms with Crippen molar-refractivity contribution in [3.05, 3.63) is 35.4 Å². The highest BCUT2D eigenvalue weighted by Crippen LogP contribution is 2.32. The minimum Gasteiger partial charge on any atom is -0.372 e. The number of hydrogen-bond donors (Lipinski definition) is 2. The lowest BCUT2D eigenvalue weighted by molar-refractivity contribution is -0.138. The fourth-order valence-electron chi connectivity index (χ4n) is 1.74. The van der Waals surface area contributed by atoms with Gasteiger partial charge < -0.3 is 15.8 Å². The number of nitrogens with one attached hydrogen (secondary N) is 1. The van der Waals surface area contributed by atoms with E-state index in [-0.39, 0.29) is 5.56 Å². The van der Waals surface area contributed by atoms with Crippen LogP contribution in [0.2, 0.25) is 0 Å². The third-order valence-corrected chi connectivity index (χ3v) is 3.36. The molecule has 0 spiro atoms. The van der Waals surface area contributed by atoms with Gasteiger partial charge in [0.15, 0.2) is 0 Å². The van der Waals surface area contributed by atoms with Gasteiger partial charge in [0.25, 0.3) is 0 Å². The summed E-state index contributed by atoms with van der Waals surface area (Å²) >= 11 is 0. The predicted molar refractivity (Wildman–Crippen MR) is 72.6 cm³/mol. The van der Waals surface area contributed by atoms with E-state index in [4.69, 9.17) is 10.5 Å². The third kappa shape index (κ3) is 3.76. The number of carbonyl (C=O) groups excluding carboxylic acids is 2. The highest BCUT2D eigenvalue weighted by atomic mass is 19.4. The number of nitrogens with two attached hydrogens (primary N) is 1. The average Bonchev–Trinajstić information content (AvgIpc) is 2.45. The monoisotopic (exact) mass is 318 g/mol. The Kier molecular flexibility index (Phi) is 5.18. The van der Waals surface area contributed by atoms with Crippen molar-refractivity contribution in [2.45, 2.75) is 31.7 Å². The molecule has 0 aromatic heterocycles. The quantitative estimate of drug-likeness (QED) is 0.864. The molecule has 8 heteroatoms. The first-order chi connectivity index (χ1) is 10.0. The molecule has 0 saturated carbocycles. The van der Waals surface area contributed by atoms with Crippen LogP contribution in [-0.4, -0.2) is 25.0 Å². The van der Waals surface area contributed by atoms with Crippen LogP contribution in [0.25, 0.3) is 0 Å². The van der Waals surface area contributed by atoms with Crippen LogP contribution in [0.4, 0.5) is 13.2 Å². The van der Waals surface area contributed by atoms with Gasteiger partial charge in [0, 0.05) is 7.11 Å². The Morgan fingerprint density at radius 1 is 1.27 bits per heavy atom. The fourth-order valence-corrected chi connectivity index (χ4v) is 1.74. The maximum Gasteiger partial charge on any atom is 0.416 e. The summed E-state index contributed by atoms with van der Waals surface area (Å²) in [7, 11) is 1.29. The lowest BCUT2D eigenvalue weighted by Gasteiger charge is -2.29. The van der Waals surface area contributed by atoms with Crippen LogP contribution in [0.3, 0.4) is 0 Å². The molecule has 2 amide bonds. The van der Waals surface area contributed by atoms with Gasteiger partial charge in [0.05, 0.1) is 5.56 Å². The van der Waals surface area contributed by atoms with Crippen molar-refractivity contribution in [3.8, 4) is 0 Å². The van der Waals surface area contributed by atoms with E-state index >= 15 is 0 Å². The number of halogens is 3. The first-order valence-corrected chi connectivity index (χ1v) is 6.35. The van der Waals surface area contributed by atoms with E-state index in [2.05, 4.69) is 5.32 Å². The van der Waals surface area contributed by atoms with Crippen LogP contribution < -0.4 is 11.1 Å². The molecule has 3 N–H and O–H groups in total. The third-order valence-electron chi connectivity index (χ3n) is 3.36. The van der Waals surface area contributed by atoms with Crippen molar-refractivity contribution in [2.24, 2.45) is 5.73 Å². The zero-order valence-electron chi connectivity index (χ0n) is 12.3. The maximum atomic E-state index is 12.8. The summed E-state index contributed by atoms with van der Waals surface area (Å²) in [6.07, 6.45) is -5.46. The second kappa shape index (κ2) is 6.35. The van der Waals surface area contributed by atoms with Crippen molar-refractivity contribution < 1.29 is 27.5 Å². The molecule has 0 unspecified atom stereocenters. The molecule has 2 atom stereocenters. The number of methoxy groups -OCH3 is 1. The van der Waals surface area contributed by atoms with Gasteiger partial charge in [0.2, 0.25) is 11.8 Å². The molecule has 122 valence electrons. The molecule has 0 fully saturated rings. The molecule has 0 bridgehead atoms. The Bertz CT molecular complexity index is 575. The van der Waals surface area contributed by atoms with Gasteiger partial charge in [-0.05, 0) is 31.5 Å². The zero-order chi connectivity index (χ0) is 17.1. The summed E-state index contributed by atoms with van der Waals surface area (Å²) in [5.74, 6) is -1.65. The van der Waals surface area contributed by atoms with Gasteiger partial charge in [-0.3, -0.25) is 9.59 Å². The van der Waals surface area contributed by atoms with Crippen molar-refractivity contribution in [3.63, 3.8) is 0 Å². The Morgan fingerprint density at radius 3 is 2.27 bits per heavy atom. The smallest absolute Gasteiger partial charge is 0.372 e. The summed E-state index contributed by atoms with van der Waals surface area (Å²) in [6.45, 7) is 2.67. The van der Waals surface area contributed by atoms with Crippen LogP contribution >= 0.6 is 0 Å². The van der Waals surface area contributed by atoms with Crippen LogP contribution in [0, 0.1) is 0 Å². The summed E-state index contributed by atoms with van der Waals surface area (Å²) < 4.78 is 43.1. The van der Waals surface area contributed by atoms with Gasteiger partial charge in [0.1, 0.15) is 11.6 Å². The summed E-state index contributed by atoms with van der Waals surface area (Å²) in [4.78, 5) is 23.6. The maximum absolute atomic E-state index is 12.8. The molecule has 0 radical (unpaired) electrons. The Labute approximate surface area is 125 Å². The van der Waals surface area contributed by atoms with E-state index in [1.165, 1.54) is 27.0 Å². The standard InChI is InChI=1S/C14H17F3N2O3/c1-8(22-3)11(20)19-13(2,12(18)21)9-5-4-6-10(7-9)14(15,16)17/h4-8H,1-3H3,(H2,18,21)(H,19,20)/t8-,13-/m0/s1. The molecule has 0 aliphatic rings. The van der Waals surface area contributed by atoms with Gasteiger partial charge in [-0.1, -0.05) is 12.1 Å². The number of amides is 2. The van der Waals surface area contributed by atoms with Crippen molar-refractivity contribution in [1.82, 2.24) is 5.32 Å². The molecular formula is C14H17F3N2O3. The van der Waals surface area contributed by atoms with Crippen molar-refractivity contribution in [2.75, 3.05) is 7.11 Å². The molecular weight excluding hydrogens is 301 g/mol. The normalized spacial score (nSPS) is 15.7. The topological polar surface area (TPSA) is 81.4 Å². The summed E-state index contributed by atoms with van der Waals surface area (Å²) in [5.41, 5.74) is 2.49. The number of hydrogen-bond acceptors (Lipinski definition) is 3. The van der Waals surface area contributed by atoms with Crippen LogP contribution in [-0.2, 0) is 26.0 Å². The number of ether oxygens (including phenoxy) is 1. The molecule has 5 nitrogen and oxygen atoms in total. The Balaban J connectivity index is 3.26. The van der Waals surface area contributed by atoms with E-state index in [0.717, 1.165) is 18.2 Å². The highest BCUT2D eigenvalue weighted by Gasteiger charge is 2.38. The number of primary amides is 1. The fraction of sp³-hybridized carbons (Fsp3) is 0.429. The van der Waals surface area contributed by atoms with E-state index in [1.807, 2.05) is 0 Å². The first-order valence-electron chi connectivity index (χ1n) is 6.35. The second-order valence-corrected chi connectivity index (χ2v) is 4.93. The lowest BCUT2D eigenvalue weighted by Crippen LogP contribution is -2.55. The number of alkyl halides is 3. The minimum atomic E-state index is -4.57. The molecule has 1 aromatic carbocycles. The SMILES string of the molecule is CO[C@@H](C)C(=O)N[C@](C)(C(N)=O)c1cccc(C(F)(F)F)c1. The largest absolute Gasteiger partial charge is 0.416 e. The molecule has 1 rings (SSSR count). The molecule has 0 aliphatic carbocycles. The first kappa shape index (κ1) is 18.0. The van der Waals surface area contributed by atoms with Gasteiger partial charge in [-0.25, -0.2) is 0 Å². The predicted octanol–water partition coefficient (Wildman–Crippen LogP) is 1.56. The lowest BCUT2D eigenvalue weighted by atomic mass is 9.89. The van der Waals surface area contributed by atoms with E-state index in [1.54, 1.807) is 0 Å². The minimum absolute atomic E-state index is 0.0634. The van der Waals surface area contributed by atoms with Crippen molar-refractivity contribution in [1.29, 1.82) is 0 Å². The van der Waals surface area contributed by atoms with Crippen LogP contribution in [0.5, 0.6) is 0 Å². The van der Waals surface area contributed by atoms with Crippen molar-refractivity contribution >= 4 is 11.8 Å². The number of benzene rings is 1. The molecule has 0 aliphatic heterocycles. The van der Waals surface area contributed by atoms with Gasteiger partial charge in [-0.2, -0.15) is 13.2 Å². The Morgan fingerprint density at radius 2 is 1.82 bits per heavy atom. The van der Waals surface area contributed by atoms with Gasteiger partial charge >= 0.3 is 6.18 Å². The van der Waals surface area contributed by atoms with E-state index in [0.29, 0.717) is 0 Å². The average molecular weight is 318 g/mol.